The molecule has 7 heteroatoms. The lowest BCUT2D eigenvalue weighted by atomic mass is 10.1. The highest BCUT2D eigenvalue weighted by Gasteiger charge is 2.47. The van der Waals surface area contributed by atoms with Gasteiger partial charge in [0.15, 0.2) is 0 Å². The summed E-state index contributed by atoms with van der Waals surface area (Å²) in [6.07, 6.45) is 5.05. The Labute approximate surface area is 164 Å². The SMILES string of the molecule is COc1ccc(S(=O)(=O)[N+]2(c3ccc(F)cc3)CC[CH]CC2)c2cccnc12. The van der Waals surface area contributed by atoms with Gasteiger partial charge in [-0.3, -0.25) is 4.98 Å². The second-order valence-corrected chi connectivity index (χ2v) is 8.91. The number of ether oxygens (including phenoxy) is 1. The van der Waals surface area contributed by atoms with Gasteiger partial charge in [0.25, 0.3) is 0 Å². The van der Waals surface area contributed by atoms with Crippen molar-refractivity contribution in [2.24, 2.45) is 0 Å². The lowest BCUT2D eigenvalue weighted by molar-refractivity contribution is 0.377. The summed E-state index contributed by atoms with van der Waals surface area (Å²) in [6, 6.07) is 12.5. The van der Waals surface area contributed by atoms with Crippen molar-refractivity contribution in [1.82, 2.24) is 8.87 Å². The Morgan fingerprint density at radius 1 is 1.04 bits per heavy atom. The number of methoxy groups -OCH3 is 1. The molecule has 0 unspecified atom stereocenters. The highest BCUT2D eigenvalue weighted by Crippen LogP contribution is 2.39. The fourth-order valence-corrected chi connectivity index (χ4v) is 6.05. The molecule has 145 valence electrons. The van der Waals surface area contributed by atoms with Gasteiger partial charge in [-0.2, -0.15) is 12.3 Å². The van der Waals surface area contributed by atoms with Gasteiger partial charge in [-0.15, -0.1) is 0 Å². The molecule has 1 aliphatic heterocycles. The molecule has 2 aromatic carbocycles. The van der Waals surface area contributed by atoms with Crippen molar-refractivity contribution in [3.8, 4) is 5.75 Å². The van der Waals surface area contributed by atoms with Gasteiger partial charge in [0.05, 0.1) is 20.2 Å². The van der Waals surface area contributed by atoms with Crippen LogP contribution < -0.4 is 8.63 Å². The molecule has 0 saturated carbocycles. The van der Waals surface area contributed by atoms with Crippen LogP contribution in [0.1, 0.15) is 12.8 Å². The summed E-state index contributed by atoms with van der Waals surface area (Å²) in [5.74, 6) is 0.136. The average Bonchev–Trinajstić information content (AvgIpc) is 2.73. The number of hydrogen-bond acceptors (Lipinski definition) is 4. The second-order valence-electron chi connectivity index (χ2n) is 6.82. The fraction of sp³-hybridized carbons (Fsp3) is 0.238. The molecule has 2 heterocycles. The maximum absolute atomic E-state index is 14.0. The van der Waals surface area contributed by atoms with Crippen LogP contribution in [0, 0.1) is 12.2 Å². The summed E-state index contributed by atoms with van der Waals surface area (Å²) < 4.78 is 46.6. The van der Waals surface area contributed by atoms with Crippen molar-refractivity contribution < 1.29 is 17.5 Å². The predicted molar refractivity (Wildman–Crippen MR) is 107 cm³/mol. The fourth-order valence-electron chi connectivity index (χ4n) is 3.90. The third-order valence-corrected chi connectivity index (χ3v) is 7.74. The predicted octanol–water partition coefficient (Wildman–Crippen LogP) is 4.08. The quantitative estimate of drug-likeness (QED) is 0.620. The number of fused-ring (bicyclic) bond motifs is 1. The number of hydrogen-bond donors (Lipinski definition) is 0. The third kappa shape index (κ3) is 2.86. The largest absolute Gasteiger partial charge is 0.494 e. The molecule has 5 nitrogen and oxygen atoms in total. The van der Waals surface area contributed by atoms with Gasteiger partial charge in [0, 0.05) is 36.6 Å². The lowest BCUT2D eigenvalue weighted by Gasteiger charge is -2.39. The summed E-state index contributed by atoms with van der Waals surface area (Å²) >= 11 is 0. The van der Waals surface area contributed by atoms with E-state index < -0.39 is 10.0 Å². The Balaban J connectivity index is 1.97. The molecule has 28 heavy (non-hydrogen) atoms. The van der Waals surface area contributed by atoms with Crippen LogP contribution in [0.2, 0.25) is 0 Å². The molecular formula is C21H21FN2O3S+. The number of quaternary nitrogens is 1. The van der Waals surface area contributed by atoms with E-state index in [2.05, 4.69) is 11.4 Å². The smallest absolute Gasteiger partial charge is 0.332 e. The van der Waals surface area contributed by atoms with Crippen LogP contribution in [-0.4, -0.2) is 33.6 Å². The van der Waals surface area contributed by atoms with Crippen molar-refractivity contribution >= 4 is 26.6 Å². The van der Waals surface area contributed by atoms with Crippen LogP contribution in [-0.2, 0) is 10.0 Å². The summed E-state index contributed by atoms with van der Waals surface area (Å²) in [6.45, 7) is 0.809. The van der Waals surface area contributed by atoms with E-state index in [9.17, 15) is 12.8 Å². The standard InChI is InChI=1S/C21H21FN2O3S/c1-27-19-11-12-20(18-6-5-13-23-21(18)19)28(25,26)24(14-3-2-4-15-24)17-9-7-16(22)8-10-17/h2,5-13H,3-4,14-15H2,1H3/q+1. The summed E-state index contributed by atoms with van der Waals surface area (Å²) in [7, 11) is -2.31. The zero-order chi connectivity index (χ0) is 19.8. The minimum absolute atomic E-state index is 0.211. The number of benzene rings is 2. The first kappa shape index (κ1) is 18.8. The molecule has 1 radical (unpaired) electrons. The zero-order valence-corrected chi connectivity index (χ0v) is 16.3. The number of halogens is 1. The van der Waals surface area contributed by atoms with E-state index in [0.717, 1.165) is 0 Å². The van der Waals surface area contributed by atoms with Crippen LogP contribution in [0.5, 0.6) is 5.75 Å². The molecule has 3 aromatic rings. The first-order valence-corrected chi connectivity index (χ1v) is 10.6. The summed E-state index contributed by atoms with van der Waals surface area (Å²) in [5, 5.41) is 0.524. The molecule has 0 N–H and O–H groups in total. The van der Waals surface area contributed by atoms with Crippen LogP contribution >= 0.6 is 0 Å². The minimum Gasteiger partial charge on any atom is -0.494 e. The normalized spacial score (nSPS) is 16.8. The van der Waals surface area contributed by atoms with Crippen LogP contribution in [0.4, 0.5) is 10.1 Å². The van der Waals surface area contributed by atoms with Gasteiger partial charge in [0.1, 0.15) is 27.7 Å². The molecule has 0 bridgehead atoms. The molecule has 4 rings (SSSR count). The molecule has 0 spiro atoms. The van der Waals surface area contributed by atoms with E-state index >= 15 is 0 Å². The van der Waals surface area contributed by atoms with Crippen LogP contribution in [0.3, 0.4) is 0 Å². The van der Waals surface area contributed by atoms with Gasteiger partial charge in [-0.1, -0.05) is 0 Å². The number of aromatic nitrogens is 1. The molecular weight excluding hydrogens is 379 g/mol. The van der Waals surface area contributed by atoms with Crippen LogP contribution in [0.15, 0.2) is 59.6 Å². The monoisotopic (exact) mass is 400 g/mol. The number of sulfonamides is 1. The molecule has 1 aromatic heterocycles. The second kappa shape index (κ2) is 7.14. The van der Waals surface area contributed by atoms with E-state index in [1.54, 1.807) is 42.6 Å². The maximum atomic E-state index is 14.0. The topological polar surface area (TPSA) is 56.3 Å². The summed E-state index contributed by atoms with van der Waals surface area (Å²) in [5.41, 5.74) is 1.08. The molecule has 1 saturated heterocycles. The highest BCUT2D eigenvalue weighted by molar-refractivity contribution is 7.91. The number of piperidine rings is 1. The van der Waals surface area contributed by atoms with Crippen molar-refractivity contribution in [2.45, 2.75) is 17.7 Å². The highest BCUT2D eigenvalue weighted by atomic mass is 32.2. The Morgan fingerprint density at radius 2 is 1.75 bits per heavy atom. The van der Waals surface area contributed by atoms with Crippen LogP contribution in [0.25, 0.3) is 10.9 Å². The maximum Gasteiger partial charge on any atom is 0.332 e. The van der Waals surface area contributed by atoms with Gasteiger partial charge < -0.3 is 4.74 Å². The first-order valence-electron chi connectivity index (χ1n) is 9.11. The minimum atomic E-state index is -3.84. The molecule has 0 atom stereocenters. The number of nitrogens with zero attached hydrogens (tertiary/aromatic N) is 2. The number of rotatable bonds is 4. The van der Waals surface area contributed by atoms with Gasteiger partial charge in [-0.05, 0) is 42.8 Å². The number of pyridine rings is 1. The van der Waals surface area contributed by atoms with Crippen molar-refractivity contribution in [3.05, 3.63) is 67.0 Å². The average molecular weight is 400 g/mol. The van der Waals surface area contributed by atoms with E-state index in [4.69, 9.17) is 4.74 Å². The Kier molecular flexibility index (Phi) is 4.81. The molecule has 1 fully saturated rings. The zero-order valence-electron chi connectivity index (χ0n) is 15.5. The van der Waals surface area contributed by atoms with E-state index in [0.29, 0.717) is 48.3 Å². The van der Waals surface area contributed by atoms with E-state index in [1.807, 2.05) is 0 Å². The van der Waals surface area contributed by atoms with E-state index in [-0.39, 0.29) is 14.6 Å². The van der Waals surface area contributed by atoms with Gasteiger partial charge >= 0.3 is 10.0 Å². The van der Waals surface area contributed by atoms with Gasteiger partial charge in [0.2, 0.25) is 0 Å². The van der Waals surface area contributed by atoms with Gasteiger partial charge in [-0.25, -0.2) is 4.39 Å². The molecule has 0 amide bonds. The molecule has 1 aliphatic rings. The van der Waals surface area contributed by atoms with E-state index in [1.165, 1.54) is 19.2 Å². The van der Waals surface area contributed by atoms with Crippen molar-refractivity contribution in [3.63, 3.8) is 0 Å². The first-order chi connectivity index (χ1) is 13.5. The molecule has 0 aliphatic carbocycles. The Morgan fingerprint density at radius 3 is 2.43 bits per heavy atom. The lowest BCUT2D eigenvalue weighted by Crippen LogP contribution is -2.57. The third-order valence-electron chi connectivity index (χ3n) is 5.34. The van der Waals surface area contributed by atoms with Crippen molar-refractivity contribution in [1.29, 1.82) is 0 Å². The Bertz CT molecular complexity index is 1110. The summed E-state index contributed by atoms with van der Waals surface area (Å²) in [4.78, 5) is 4.54. The Hall–Kier alpha value is -2.51. The van der Waals surface area contributed by atoms with Crippen molar-refractivity contribution in [2.75, 3.05) is 20.2 Å².